The molecule has 0 radical (unpaired) electrons. The number of aromatic carboxylic acids is 1. The van der Waals surface area contributed by atoms with Gasteiger partial charge in [0, 0.05) is 17.4 Å². The van der Waals surface area contributed by atoms with E-state index in [1.165, 1.54) is 37.4 Å². The van der Waals surface area contributed by atoms with Gasteiger partial charge in [-0.25, -0.2) is 19.0 Å². The van der Waals surface area contributed by atoms with Crippen molar-refractivity contribution >= 4 is 23.4 Å². The monoisotopic (exact) mass is 289 g/mol. The summed E-state index contributed by atoms with van der Waals surface area (Å²) in [6, 6.07) is 6.51. The molecule has 2 aromatic rings. The van der Waals surface area contributed by atoms with Crippen molar-refractivity contribution in [2.45, 2.75) is 6.92 Å². The molecule has 0 atom stereocenters. The number of carboxylic acids is 1. The largest absolute Gasteiger partial charge is 0.476 e. The van der Waals surface area contributed by atoms with Crippen LogP contribution in [0.25, 0.3) is 0 Å². The topological polar surface area (TPSA) is 91.3 Å². The van der Waals surface area contributed by atoms with Gasteiger partial charge < -0.3 is 15.7 Å². The van der Waals surface area contributed by atoms with E-state index in [4.69, 9.17) is 5.11 Å². The summed E-state index contributed by atoms with van der Waals surface area (Å²) in [5.74, 6) is -1.70. The highest BCUT2D eigenvalue weighted by atomic mass is 19.1. The van der Waals surface area contributed by atoms with Crippen LogP contribution in [0.3, 0.4) is 0 Å². The molecule has 0 aliphatic rings. The maximum Gasteiger partial charge on any atom is 0.356 e. The Balaban J connectivity index is 2.16. The summed E-state index contributed by atoms with van der Waals surface area (Å²) < 4.78 is 13.4. The van der Waals surface area contributed by atoms with Crippen LogP contribution < -0.4 is 10.6 Å². The zero-order valence-corrected chi connectivity index (χ0v) is 11.1. The fourth-order valence-electron chi connectivity index (χ4n) is 1.70. The molecule has 0 saturated heterocycles. The molecule has 1 aromatic heterocycles. The molecular weight excluding hydrogens is 277 g/mol. The average Bonchev–Trinajstić information content (AvgIpc) is 2.44. The summed E-state index contributed by atoms with van der Waals surface area (Å²) in [6.07, 6.45) is 1.31. The number of hydrogen-bond donors (Lipinski definition) is 3. The van der Waals surface area contributed by atoms with Crippen molar-refractivity contribution in [2.24, 2.45) is 0 Å². The third-order valence-corrected chi connectivity index (χ3v) is 2.77. The third-order valence-electron chi connectivity index (χ3n) is 2.77. The number of nitrogens with zero attached hydrogens (tertiary/aromatic N) is 1. The van der Waals surface area contributed by atoms with Crippen molar-refractivity contribution in [3.63, 3.8) is 0 Å². The van der Waals surface area contributed by atoms with Crippen molar-refractivity contribution in [1.82, 2.24) is 4.98 Å². The van der Waals surface area contributed by atoms with Crippen LogP contribution in [-0.2, 0) is 0 Å². The van der Waals surface area contributed by atoms with Crippen LogP contribution in [0.4, 0.5) is 20.6 Å². The predicted molar refractivity (Wildman–Crippen MR) is 75.0 cm³/mol. The van der Waals surface area contributed by atoms with Gasteiger partial charge in [0.1, 0.15) is 5.82 Å². The zero-order valence-electron chi connectivity index (χ0n) is 11.1. The van der Waals surface area contributed by atoms with Gasteiger partial charge in [-0.05, 0) is 31.2 Å². The molecule has 108 valence electrons. The number of benzene rings is 1. The molecule has 0 fully saturated rings. The van der Waals surface area contributed by atoms with E-state index in [0.29, 0.717) is 5.69 Å². The number of hydrogen-bond acceptors (Lipinski definition) is 3. The molecule has 2 amide bonds. The van der Waals surface area contributed by atoms with Crippen molar-refractivity contribution in [3.05, 3.63) is 53.6 Å². The van der Waals surface area contributed by atoms with E-state index in [2.05, 4.69) is 15.6 Å². The van der Waals surface area contributed by atoms with Crippen molar-refractivity contribution in [3.8, 4) is 0 Å². The highest BCUT2D eigenvalue weighted by Crippen LogP contribution is 2.18. The molecule has 1 heterocycles. The number of rotatable bonds is 3. The number of carboxylic acid groups (broad SMARTS) is 1. The zero-order chi connectivity index (χ0) is 15.4. The van der Waals surface area contributed by atoms with E-state index in [9.17, 15) is 14.0 Å². The van der Waals surface area contributed by atoms with E-state index >= 15 is 0 Å². The Labute approximate surface area is 119 Å². The summed E-state index contributed by atoms with van der Waals surface area (Å²) in [4.78, 5) is 26.5. The first-order chi connectivity index (χ1) is 9.99. The number of anilines is 2. The maximum absolute atomic E-state index is 13.4. The second-order valence-corrected chi connectivity index (χ2v) is 4.20. The van der Waals surface area contributed by atoms with Gasteiger partial charge in [-0.2, -0.15) is 0 Å². The lowest BCUT2D eigenvalue weighted by atomic mass is 10.2. The van der Waals surface area contributed by atoms with E-state index in [1.807, 2.05) is 0 Å². The number of halogens is 1. The molecule has 7 heteroatoms. The highest BCUT2D eigenvalue weighted by Gasteiger charge is 2.14. The number of pyridine rings is 1. The van der Waals surface area contributed by atoms with Gasteiger partial charge in [-0.3, -0.25) is 0 Å². The summed E-state index contributed by atoms with van der Waals surface area (Å²) in [7, 11) is 0. The van der Waals surface area contributed by atoms with Crippen LogP contribution in [-0.4, -0.2) is 22.1 Å². The molecule has 0 bridgehead atoms. The average molecular weight is 289 g/mol. The number of nitrogens with one attached hydrogen (secondary N) is 2. The molecule has 0 aliphatic heterocycles. The van der Waals surface area contributed by atoms with Gasteiger partial charge in [-0.1, -0.05) is 6.07 Å². The lowest BCUT2D eigenvalue weighted by Crippen LogP contribution is -2.22. The van der Waals surface area contributed by atoms with Gasteiger partial charge in [0.25, 0.3) is 0 Å². The molecule has 21 heavy (non-hydrogen) atoms. The van der Waals surface area contributed by atoms with Crippen LogP contribution in [0.1, 0.15) is 16.1 Å². The van der Waals surface area contributed by atoms with E-state index < -0.39 is 17.8 Å². The fraction of sp³-hybridized carbons (Fsp3) is 0.0714. The first-order valence-corrected chi connectivity index (χ1v) is 6.00. The van der Waals surface area contributed by atoms with Crippen LogP contribution in [0, 0.1) is 12.7 Å². The smallest absolute Gasteiger partial charge is 0.356 e. The molecule has 2 rings (SSSR count). The summed E-state index contributed by atoms with van der Waals surface area (Å²) in [6.45, 7) is 1.53. The minimum absolute atomic E-state index is 0.0524. The Morgan fingerprint density at radius 1 is 1.14 bits per heavy atom. The molecule has 0 aliphatic carbocycles. The summed E-state index contributed by atoms with van der Waals surface area (Å²) >= 11 is 0. The van der Waals surface area contributed by atoms with Gasteiger partial charge in [-0.15, -0.1) is 0 Å². The number of urea groups is 1. The van der Waals surface area contributed by atoms with Gasteiger partial charge >= 0.3 is 12.0 Å². The predicted octanol–water partition coefficient (Wildman–Crippen LogP) is 2.87. The Kier molecular flexibility index (Phi) is 4.13. The first-order valence-electron chi connectivity index (χ1n) is 6.00. The molecule has 0 spiro atoms. The minimum Gasteiger partial charge on any atom is -0.476 e. The Bertz CT molecular complexity index is 704. The van der Waals surface area contributed by atoms with Gasteiger partial charge in [0.2, 0.25) is 0 Å². The van der Waals surface area contributed by atoms with Crippen molar-refractivity contribution in [2.75, 3.05) is 10.6 Å². The Hall–Kier alpha value is -2.96. The van der Waals surface area contributed by atoms with Crippen LogP contribution in [0.15, 0.2) is 36.5 Å². The number of carbonyl (C=O) groups is 2. The maximum atomic E-state index is 13.4. The Morgan fingerprint density at radius 2 is 1.81 bits per heavy atom. The Morgan fingerprint density at radius 3 is 2.52 bits per heavy atom. The fourth-order valence-corrected chi connectivity index (χ4v) is 1.70. The third kappa shape index (κ3) is 3.33. The highest BCUT2D eigenvalue weighted by molar-refractivity contribution is 6.04. The quantitative estimate of drug-likeness (QED) is 0.810. The van der Waals surface area contributed by atoms with E-state index in [1.54, 1.807) is 6.07 Å². The van der Waals surface area contributed by atoms with Crippen LogP contribution >= 0.6 is 0 Å². The molecule has 6 nitrogen and oxygen atoms in total. The summed E-state index contributed by atoms with van der Waals surface area (Å²) in [5, 5.41) is 13.8. The summed E-state index contributed by atoms with van der Waals surface area (Å²) in [5.41, 5.74) is 0.366. The molecule has 3 N–H and O–H groups in total. The minimum atomic E-state index is -1.26. The van der Waals surface area contributed by atoms with Crippen molar-refractivity contribution < 1.29 is 19.1 Å². The molecule has 1 aromatic carbocycles. The van der Waals surface area contributed by atoms with Gasteiger partial charge in [0.15, 0.2) is 5.69 Å². The van der Waals surface area contributed by atoms with Crippen molar-refractivity contribution in [1.29, 1.82) is 0 Å². The van der Waals surface area contributed by atoms with E-state index in [0.717, 1.165) is 0 Å². The normalized spacial score (nSPS) is 10.0. The lowest BCUT2D eigenvalue weighted by Gasteiger charge is -2.11. The molecule has 0 unspecified atom stereocenters. The van der Waals surface area contributed by atoms with E-state index in [-0.39, 0.29) is 16.9 Å². The first kappa shape index (κ1) is 14.4. The second-order valence-electron chi connectivity index (χ2n) is 4.20. The standard InChI is InChI=1S/C14H12FN3O3/c1-8-9(15)4-2-5-10(8)17-14(21)18-11-6-3-7-16-12(11)13(19)20/h2-7H,1H3,(H,19,20)(H2,17,18,21). The number of amides is 2. The van der Waals surface area contributed by atoms with Crippen LogP contribution in [0.5, 0.6) is 0 Å². The van der Waals surface area contributed by atoms with Gasteiger partial charge in [0.05, 0.1) is 5.69 Å². The number of aromatic nitrogens is 1. The second kappa shape index (κ2) is 6.00. The van der Waals surface area contributed by atoms with Crippen LogP contribution in [0.2, 0.25) is 0 Å². The number of carbonyl (C=O) groups excluding carboxylic acids is 1. The molecular formula is C14H12FN3O3. The lowest BCUT2D eigenvalue weighted by molar-refractivity contribution is 0.0691. The SMILES string of the molecule is Cc1c(F)cccc1NC(=O)Nc1cccnc1C(=O)O. The molecule has 0 saturated carbocycles.